The Kier molecular flexibility index (Phi) is 3.53. The second-order valence-electron chi connectivity index (χ2n) is 5.08. The molecule has 0 heterocycles. The van der Waals surface area contributed by atoms with Crippen LogP contribution in [0, 0.1) is 18.3 Å². The summed E-state index contributed by atoms with van der Waals surface area (Å²) in [4.78, 5) is 0. The Bertz CT molecular complexity index is 793. The van der Waals surface area contributed by atoms with Crippen molar-refractivity contribution in [2.45, 2.75) is 6.92 Å². The van der Waals surface area contributed by atoms with E-state index < -0.39 is 0 Å². The van der Waals surface area contributed by atoms with Crippen molar-refractivity contribution in [2.75, 3.05) is 0 Å². The molecule has 3 rings (SSSR count). The lowest BCUT2D eigenvalue weighted by Crippen LogP contribution is -1.85. The smallest absolute Gasteiger partial charge is 0.0991 e. The molecule has 3 aromatic rings. The van der Waals surface area contributed by atoms with Crippen LogP contribution in [0.25, 0.3) is 22.3 Å². The highest BCUT2D eigenvalue weighted by Crippen LogP contribution is 2.28. The Hall–Kier alpha value is -2.85. The molecule has 0 radical (unpaired) electrons. The molecule has 0 aromatic heterocycles. The van der Waals surface area contributed by atoms with Gasteiger partial charge in [-0.2, -0.15) is 5.26 Å². The lowest BCUT2D eigenvalue weighted by atomic mass is 9.95. The van der Waals surface area contributed by atoms with Gasteiger partial charge in [0, 0.05) is 0 Å². The minimum absolute atomic E-state index is 0.691. The zero-order valence-electron chi connectivity index (χ0n) is 11.9. The number of nitriles is 1. The van der Waals surface area contributed by atoms with Crippen molar-refractivity contribution in [3.8, 4) is 28.3 Å². The number of hydrogen-bond acceptors (Lipinski definition) is 1. The number of nitrogens with zero attached hydrogens (tertiary/aromatic N) is 1. The highest BCUT2D eigenvalue weighted by Gasteiger charge is 2.04. The van der Waals surface area contributed by atoms with E-state index in [-0.39, 0.29) is 0 Å². The van der Waals surface area contributed by atoms with Crippen molar-refractivity contribution in [1.29, 1.82) is 5.26 Å². The van der Waals surface area contributed by atoms with Crippen molar-refractivity contribution < 1.29 is 0 Å². The second-order valence-corrected chi connectivity index (χ2v) is 5.08. The summed E-state index contributed by atoms with van der Waals surface area (Å²) in [5.41, 5.74) is 6.75. The van der Waals surface area contributed by atoms with Crippen molar-refractivity contribution in [3.63, 3.8) is 0 Å². The fourth-order valence-electron chi connectivity index (χ4n) is 2.52. The van der Waals surface area contributed by atoms with Crippen LogP contribution in [-0.2, 0) is 0 Å². The van der Waals surface area contributed by atoms with E-state index in [4.69, 9.17) is 5.26 Å². The molecule has 0 saturated heterocycles. The normalized spacial score (nSPS) is 10.1. The van der Waals surface area contributed by atoms with Gasteiger partial charge >= 0.3 is 0 Å². The van der Waals surface area contributed by atoms with Gasteiger partial charge in [0.1, 0.15) is 0 Å². The first-order valence-electron chi connectivity index (χ1n) is 6.94. The van der Waals surface area contributed by atoms with E-state index in [2.05, 4.69) is 55.5 Å². The Morgan fingerprint density at radius 3 is 2.00 bits per heavy atom. The van der Waals surface area contributed by atoms with Crippen molar-refractivity contribution in [2.24, 2.45) is 0 Å². The molecule has 1 nitrogen and oxygen atoms in total. The predicted octanol–water partition coefficient (Wildman–Crippen LogP) is 5.20. The van der Waals surface area contributed by atoms with E-state index in [9.17, 15) is 0 Å². The molecule has 0 atom stereocenters. The summed E-state index contributed by atoms with van der Waals surface area (Å²) in [5, 5.41) is 8.86. The zero-order valence-corrected chi connectivity index (χ0v) is 11.9. The van der Waals surface area contributed by atoms with Crippen LogP contribution in [0.3, 0.4) is 0 Å². The SMILES string of the molecule is Cc1cc(-c2ccc(C#N)cc2)ccc1-c1ccccc1. The highest BCUT2D eigenvalue weighted by molar-refractivity contribution is 5.73. The van der Waals surface area contributed by atoms with Gasteiger partial charge in [0.15, 0.2) is 0 Å². The number of aryl methyl sites for hydroxylation is 1. The molecule has 3 aromatic carbocycles. The highest BCUT2D eigenvalue weighted by atomic mass is 14.2. The molecule has 1 heteroatoms. The van der Waals surface area contributed by atoms with Crippen LogP contribution in [0.4, 0.5) is 0 Å². The third-order valence-corrected chi connectivity index (χ3v) is 3.66. The Morgan fingerprint density at radius 1 is 0.714 bits per heavy atom. The summed E-state index contributed by atoms with van der Waals surface area (Å²) in [6, 6.07) is 26.8. The van der Waals surface area contributed by atoms with Gasteiger partial charge in [-0.1, -0.05) is 60.7 Å². The fraction of sp³-hybridized carbons (Fsp3) is 0.0500. The van der Waals surface area contributed by atoms with Crippen LogP contribution in [-0.4, -0.2) is 0 Å². The maximum atomic E-state index is 8.86. The Balaban J connectivity index is 1.99. The van der Waals surface area contributed by atoms with E-state index in [1.165, 1.54) is 22.3 Å². The quantitative estimate of drug-likeness (QED) is 0.627. The van der Waals surface area contributed by atoms with Crippen molar-refractivity contribution in [3.05, 3.63) is 83.9 Å². The Morgan fingerprint density at radius 2 is 1.38 bits per heavy atom. The van der Waals surface area contributed by atoms with E-state index in [1.54, 1.807) is 0 Å². The third-order valence-electron chi connectivity index (χ3n) is 3.66. The monoisotopic (exact) mass is 269 g/mol. The number of benzene rings is 3. The summed E-state index contributed by atoms with van der Waals surface area (Å²) >= 11 is 0. The molecule has 0 spiro atoms. The van der Waals surface area contributed by atoms with Crippen LogP contribution < -0.4 is 0 Å². The second kappa shape index (κ2) is 5.64. The Labute approximate surface area is 125 Å². The molecule has 0 saturated carbocycles. The average molecular weight is 269 g/mol. The molecule has 0 bridgehead atoms. The summed E-state index contributed by atoms with van der Waals surface area (Å²) in [7, 11) is 0. The third kappa shape index (κ3) is 2.70. The van der Waals surface area contributed by atoms with Gasteiger partial charge in [-0.3, -0.25) is 0 Å². The van der Waals surface area contributed by atoms with Gasteiger partial charge in [0.2, 0.25) is 0 Å². The number of hydrogen-bond donors (Lipinski definition) is 0. The number of rotatable bonds is 2. The summed E-state index contributed by atoms with van der Waals surface area (Å²) in [6.45, 7) is 2.13. The molecule has 0 unspecified atom stereocenters. The molecule has 0 N–H and O–H groups in total. The maximum Gasteiger partial charge on any atom is 0.0991 e. The maximum absolute atomic E-state index is 8.86. The van der Waals surface area contributed by atoms with Gasteiger partial charge in [-0.25, -0.2) is 0 Å². The molecule has 0 amide bonds. The molecule has 0 fully saturated rings. The van der Waals surface area contributed by atoms with Crippen LogP contribution >= 0.6 is 0 Å². The van der Waals surface area contributed by atoms with Crippen LogP contribution in [0.5, 0.6) is 0 Å². The molecular weight excluding hydrogens is 254 g/mol. The molecule has 100 valence electrons. The van der Waals surface area contributed by atoms with Gasteiger partial charge < -0.3 is 0 Å². The van der Waals surface area contributed by atoms with Gasteiger partial charge in [-0.15, -0.1) is 0 Å². The topological polar surface area (TPSA) is 23.8 Å². The van der Waals surface area contributed by atoms with Crippen LogP contribution in [0.2, 0.25) is 0 Å². The van der Waals surface area contributed by atoms with E-state index in [0.29, 0.717) is 5.56 Å². The summed E-state index contributed by atoms with van der Waals surface area (Å²) < 4.78 is 0. The van der Waals surface area contributed by atoms with Crippen LogP contribution in [0.15, 0.2) is 72.8 Å². The first kappa shape index (κ1) is 13.1. The molecule has 0 aliphatic carbocycles. The zero-order chi connectivity index (χ0) is 14.7. The fourth-order valence-corrected chi connectivity index (χ4v) is 2.52. The van der Waals surface area contributed by atoms with Gasteiger partial charge in [-0.05, 0) is 46.9 Å². The van der Waals surface area contributed by atoms with Gasteiger partial charge in [0.05, 0.1) is 11.6 Å². The molecule has 0 aliphatic heterocycles. The molecule has 21 heavy (non-hydrogen) atoms. The van der Waals surface area contributed by atoms with Gasteiger partial charge in [0.25, 0.3) is 0 Å². The minimum Gasteiger partial charge on any atom is -0.192 e. The largest absolute Gasteiger partial charge is 0.192 e. The molecule has 0 aliphatic rings. The van der Waals surface area contributed by atoms with Crippen LogP contribution in [0.1, 0.15) is 11.1 Å². The van der Waals surface area contributed by atoms with E-state index in [1.807, 2.05) is 30.3 Å². The van der Waals surface area contributed by atoms with E-state index in [0.717, 1.165) is 5.56 Å². The first-order chi connectivity index (χ1) is 10.3. The predicted molar refractivity (Wildman–Crippen MR) is 86.8 cm³/mol. The minimum atomic E-state index is 0.691. The summed E-state index contributed by atoms with van der Waals surface area (Å²) in [6.07, 6.45) is 0. The summed E-state index contributed by atoms with van der Waals surface area (Å²) in [5.74, 6) is 0. The lowest BCUT2D eigenvalue weighted by Gasteiger charge is -2.09. The first-order valence-corrected chi connectivity index (χ1v) is 6.94. The van der Waals surface area contributed by atoms with Crippen molar-refractivity contribution in [1.82, 2.24) is 0 Å². The average Bonchev–Trinajstić information content (AvgIpc) is 2.55. The standard InChI is InChI=1S/C20H15N/c1-15-13-19(17-9-7-16(14-21)8-10-17)11-12-20(15)18-5-3-2-4-6-18/h2-13H,1H3. The van der Waals surface area contributed by atoms with Crippen molar-refractivity contribution >= 4 is 0 Å². The molecular formula is C20H15N. The van der Waals surface area contributed by atoms with E-state index >= 15 is 0 Å². The lowest BCUT2D eigenvalue weighted by molar-refractivity contribution is 1.45.